The minimum absolute atomic E-state index is 0.627. The first-order valence-corrected chi connectivity index (χ1v) is 4.53. The lowest BCUT2D eigenvalue weighted by molar-refractivity contribution is 0.719. The van der Waals surface area contributed by atoms with E-state index in [1.807, 2.05) is 25.4 Å². The zero-order chi connectivity index (χ0) is 9.97. The number of nitrogens with two attached hydrogens (primary N) is 1. The Morgan fingerprint density at radius 1 is 1.43 bits per heavy atom. The minimum Gasteiger partial charge on any atom is -0.359 e. The van der Waals surface area contributed by atoms with Gasteiger partial charge in [0.05, 0.1) is 12.4 Å². The second kappa shape index (κ2) is 3.69. The summed E-state index contributed by atoms with van der Waals surface area (Å²) in [6.07, 6.45) is 1.99. The number of hydrogen-bond donors (Lipinski definition) is 3. The maximum atomic E-state index is 5.28. The van der Waals surface area contributed by atoms with E-state index in [4.69, 9.17) is 5.84 Å². The predicted octanol–water partition coefficient (Wildman–Crippen LogP) is 1.02. The van der Waals surface area contributed by atoms with Crippen LogP contribution in [0.1, 0.15) is 0 Å². The van der Waals surface area contributed by atoms with Crippen molar-refractivity contribution < 1.29 is 0 Å². The Balaban J connectivity index is 2.42. The van der Waals surface area contributed by atoms with Gasteiger partial charge in [-0.2, -0.15) is 0 Å². The molecule has 0 atom stereocenters. The average molecular weight is 190 g/mol. The molecular formula is C10H14N4. The molecule has 2 rings (SSSR count). The highest BCUT2D eigenvalue weighted by Gasteiger charge is 2.05. The maximum absolute atomic E-state index is 5.28. The molecule has 4 nitrogen and oxygen atoms in total. The fourth-order valence-electron chi connectivity index (χ4n) is 1.59. The van der Waals surface area contributed by atoms with Crippen molar-refractivity contribution in [2.45, 2.75) is 0 Å². The zero-order valence-corrected chi connectivity index (χ0v) is 8.12. The summed E-state index contributed by atoms with van der Waals surface area (Å²) in [5.41, 5.74) is 4.93. The van der Waals surface area contributed by atoms with Crippen LogP contribution < -0.4 is 16.2 Å². The summed E-state index contributed by atoms with van der Waals surface area (Å²) in [5.74, 6) is 5.28. The van der Waals surface area contributed by atoms with E-state index in [-0.39, 0.29) is 0 Å². The van der Waals surface area contributed by atoms with E-state index in [1.54, 1.807) is 0 Å². The molecule has 14 heavy (non-hydrogen) atoms. The summed E-state index contributed by atoms with van der Waals surface area (Å²) in [6.45, 7) is 0.627. The molecule has 4 N–H and O–H groups in total. The van der Waals surface area contributed by atoms with Gasteiger partial charge in [-0.25, -0.2) is 5.43 Å². The molecule has 0 amide bonds. The largest absolute Gasteiger partial charge is 0.359 e. The van der Waals surface area contributed by atoms with E-state index >= 15 is 0 Å². The Bertz CT molecular complexity index is 421. The number of nitrogens with one attached hydrogen (secondary N) is 2. The van der Waals surface area contributed by atoms with Gasteiger partial charge in [0, 0.05) is 24.1 Å². The fraction of sp³-hybridized carbons (Fsp3) is 0.200. The number of hydrazine groups is 1. The third-order valence-corrected chi connectivity index (χ3v) is 2.31. The number of benzene rings is 1. The van der Waals surface area contributed by atoms with E-state index in [0.717, 1.165) is 11.2 Å². The summed E-state index contributed by atoms with van der Waals surface area (Å²) in [7, 11) is 2.00. The maximum Gasteiger partial charge on any atom is 0.0805 e. The SMILES string of the molecule is CN(CNN)c1c[nH]c2ccccc12. The molecular weight excluding hydrogens is 176 g/mol. The number of fused-ring (bicyclic) bond motifs is 1. The van der Waals surface area contributed by atoms with Gasteiger partial charge in [0.15, 0.2) is 0 Å². The molecule has 0 bridgehead atoms. The zero-order valence-electron chi connectivity index (χ0n) is 8.12. The van der Waals surface area contributed by atoms with Gasteiger partial charge in [0.1, 0.15) is 0 Å². The van der Waals surface area contributed by atoms with Gasteiger partial charge in [0.2, 0.25) is 0 Å². The molecule has 0 saturated carbocycles. The van der Waals surface area contributed by atoms with E-state index < -0.39 is 0 Å². The van der Waals surface area contributed by atoms with Gasteiger partial charge in [-0.15, -0.1) is 0 Å². The molecule has 0 aliphatic heterocycles. The lowest BCUT2D eigenvalue weighted by Gasteiger charge is -2.16. The average Bonchev–Trinajstić information content (AvgIpc) is 2.61. The number of hydrogen-bond acceptors (Lipinski definition) is 3. The number of rotatable bonds is 3. The topological polar surface area (TPSA) is 57.1 Å². The van der Waals surface area contributed by atoms with Crippen LogP contribution in [0.4, 0.5) is 5.69 Å². The van der Waals surface area contributed by atoms with E-state index in [1.165, 1.54) is 5.39 Å². The van der Waals surface area contributed by atoms with Crippen LogP contribution in [0.3, 0.4) is 0 Å². The van der Waals surface area contributed by atoms with Crippen molar-refractivity contribution in [3.05, 3.63) is 30.5 Å². The highest BCUT2D eigenvalue weighted by atomic mass is 15.3. The Hall–Kier alpha value is -1.52. The summed E-state index contributed by atoms with van der Waals surface area (Å²) in [4.78, 5) is 5.27. The Morgan fingerprint density at radius 3 is 3.00 bits per heavy atom. The van der Waals surface area contributed by atoms with Gasteiger partial charge < -0.3 is 9.88 Å². The smallest absolute Gasteiger partial charge is 0.0805 e. The third-order valence-electron chi connectivity index (χ3n) is 2.31. The first kappa shape index (κ1) is 9.05. The summed E-state index contributed by atoms with van der Waals surface area (Å²) < 4.78 is 0. The first-order chi connectivity index (χ1) is 6.83. The van der Waals surface area contributed by atoms with Crippen LogP contribution in [-0.2, 0) is 0 Å². The van der Waals surface area contributed by atoms with E-state index in [9.17, 15) is 0 Å². The van der Waals surface area contributed by atoms with Crippen molar-refractivity contribution >= 4 is 16.6 Å². The Kier molecular flexibility index (Phi) is 2.39. The van der Waals surface area contributed by atoms with Crippen LogP contribution >= 0.6 is 0 Å². The summed E-state index contributed by atoms with van der Waals surface area (Å²) >= 11 is 0. The van der Waals surface area contributed by atoms with Crippen LogP contribution in [0.15, 0.2) is 30.5 Å². The van der Waals surface area contributed by atoms with Crippen LogP contribution in [0.25, 0.3) is 10.9 Å². The second-order valence-electron chi connectivity index (χ2n) is 3.28. The van der Waals surface area contributed by atoms with Crippen molar-refractivity contribution in [3.63, 3.8) is 0 Å². The van der Waals surface area contributed by atoms with E-state index in [2.05, 4.69) is 27.4 Å². The Morgan fingerprint density at radius 2 is 2.21 bits per heavy atom. The van der Waals surface area contributed by atoms with Gasteiger partial charge in [-0.1, -0.05) is 18.2 Å². The van der Waals surface area contributed by atoms with Gasteiger partial charge >= 0.3 is 0 Å². The lowest BCUT2D eigenvalue weighted by Crippen LogP contribution is -2.35. The summed E-state index contributed by atoms with van der Waals surface area (Å²) in [6, 6.07) is 8.20. The molecule has 1 aromatic carbocycles. The highest BCUT2D eigenvalue weighted by molar-refractivity contribution is 5.92. The lowest BCUT2D eigenvalue weighted by atomic mass is 10.2. The number of aromatic nitrogens is 1. The van der Waals surface area contributed by atoms with Crippen molar-refractivity contribution in [1.82, 2.24) is 10.4 Å². The molecule has 4 heteroatoms. The first-order valence-electron chi connectivity index (χ1n) is 4.53. The van der Waals surface area contributed by atoms with Crippen LogP contribution in [-0.4, -0.2) is 18.7 Å². The van der Waals surface area contributed by atoms with Crippen molar-refractivity contribution in [1.29, 1.82) is 0 Å². The predicted molar refractivity (Wildman–Crippen MR) is 58.9 cm³/mol. The highest BCUT2D eigenvalue weighted by Crippen LogP contribution is 2.24. The van der Waals surface area contributed by atoms with Gasteiger partial charge in [0.25, 0.3) is 0 Å². The molecule has 0 spiro atoms. The minimum atomic E-state index is 0.627. The Labute approximate surface area is 82.7 Å². The quantitative estimate of drug-likeness (QED) is 0.385. The molecule has 0 unspecified atom stereocenters. The number of para-hydroxylation sites is 1. The molecule has 2 aromatic rings. The van der Waals surface area contributed by atoms with Crippen LogP contribution in [0, 0.1) is 0 Å². The normalized spacial score (nSPS) is 10.7. The molecule has 0 aliphatic carbocycles. The molecule has 0 saturated heterocycles. The van der Waals surface area contributed by atoms with Crippen LogP contribution in [0.5, 0.6) is 0 Å². The molecule has 0 radical (unpaired) electrons. The van der Waals surface area contributed by atoms with Crippen molar-refractivity contribution in [2.75, 3.05) is 18.6 Å². The number of anilines is 1. The number of H-pyrrole nitrogens is 1. The van der Waals surface area contributed by atoms with Gasteiger partial charge in [-0.05, 0) is 6.07 Å². The molecule has 0 aliphatic rings. The molecule has 0 fully saturated rings. The summed E-state index contributed by atoms with van der Waals surface area (Å²) in [5, 5.41) is 1.21. The van der Waals surface area contributed by atoms with E-state index in [0.29, 0.717) is 6.67 Å². The number of nitrogens with zero attached hydrogens (tertiary/aromatic N) is 1. The fourth-order valence-corrected chi connectivity index (χ4v) is 1.59. The molecule has 74 valence electrons. The van der Waals surface area contributed by atoms with Crippen molar-refractivity contribution in [3.8, 4) is 0 Å². The second-order valence-corrected chi connectivity index (χ2v) is 3.28. The monoisotopic (exact) mass is 190 g/mol. The third kappa shape index (κ3) is 1.45. The van der Waals surface area contributed by atoms with Gasteiger partial charge in [-0.3, -0.25) is 5.84 Å². The molecule has 1 aromatic heterocycles. The number of aromatic amines is 1. The standard InChI is InChI=1S/C10H14N4/c1-14(7-13-11)10-6-12-9-5-3-2-4-8(9)10/h2-6,12-13H,7,11H2,1H3. The molecule has 1 heterocycles. The van der Waals surface area contributed by atoms with Crippen molar-refractivity contribution in [2.24, 2.45) is 5.84 Å². The van der Waals surface area contributed by atoms with Crippen LogP contribution in [0.2, 0.25) is 0 Å².